The van der Waals surface area contributed by atoms with E-state index in [0.29, 0.717) is 0 Å². The Morgan fingerprint density at radius 2 is 1.52 bits per heavy atom. The summed E-state index contributed by atoms with van der Waals surface area (Å²) in [6, 6.07) is 16.3. The van der Waals surface area contributed by atoms with Gasteiger partial charge in [0.2, 0.25) is 0 Å². The first-order chi connectivity index (χ1) is 10.3. The van der Waals surface area contributed by atoms with Crippen molar-refractivity contribution >= 4 is 0 Å². The van der Waals surface area contributed by atoms with Gasteiger partial charge in [0.25, 0.3) is 0 Å². The second kappa shape index (κ2) is 8.32. The number of methoxy groups -OCH3 is 1. The van der Waals surface area contributed by atoms with Gasteiger partial charge in [-0.2, -0.15) is 0 Å². The Bertz CT molecular complexity index is 554. The molecule has 0 radical (unpaired) electrons. The van der Waals surface area contributed by atoms with Crippen LogP contribution in [0.25, 0.3) is 0 Å². The average molecular weight is 285 g/mol. The molecule has 0 aliphatic rings. The first-order valence-corrected chi connectivity index (χ1v) is 7.37. The normalized spacial score (nSPS) is 10.4. The molecular weight excluding hydrogens is 262 g/mol. The minimum absolute atomic E-state index is 0.765. The molecule has 112 valence electrons. The van der Waals surface area contributed by atoms with Crippen molar-refractivity contribution in [3.8, 4) is 11.5 Å². The van der Waals surface area contributed by atoms with E-state index in [0.717, 1.165) is 37.6 Å². The van der Waals surface area contributed by atoms with Crippen LogP contribution in [0, 0.1) is 0 Å². The van der Waals surface area contributed by atoms with Crippen LogP contribution in [0.15, 0.2) is 48.5 Å². The SMILES string of the molecule is CCCOc1cccc(CNCc2cccc(OC)c2)c1. The molecule has 3 nitrogen and oxygen atoms in total. The van der Waals surface area contributed by atoms with Gasteiger partial charge in [-0.15, -0.1) is 0 Å². The van der Waals surface area contributed by atoms with Crippen molar-refractivity contribution < 1.29 is 9.47 Å². The minimum atomic E-state index is 0.765. The van der Waals surface area contributed by atoms with Gasteiger partial charge >= 0.3 is 0 Å². The van der Waals surface area contributed by atoms with Crippen molar-refractivity contribution in [2.45, 2.75) is 26.4 Å². The monoisotopic (exact) mass is 285 g/mol. The van der Waals surface area contributed by atoms with E-state index in [1.54, 1.807) is 7.11 Å². The summed E-state index contributed by atoms with van der Waals surface area (Å²) in [6.45, 7) is 4.51. The van der Waals surface area contributed by atoms with E-state index in [2.05, 4.69) is 30.4 Å². The van der Waals surface area contributed by atoms with Gasteiger partial charge in [0.05, 0.1) is 13.7 Å². The lowest BCUT2D eigenvalue weighted by Gasteiger charge is -2.09. The smallest absolute Gasteiger partial charge is 0.119 e. The fourth-order valence-electron chi connectivity index (χ4n) is 2.10. The molecule has 0 aliphatic heterocycles. The van der Waals surface area contributed by atoms with Crippen LogP contribution in [0.2, 0.25) is 0 Å². The Labute approximate surface area is 126 Å². The molecule has 21 heavy (non-hydrogen) atoms. The van der Waals surface area contributed by atoms with Gasteiger partial charge in [-0.1, -0.05) is 31.2 Å². The Hall–Kier alpha value is -2.00. The molecule has 0 fully saturated rings. The second-order valence-electron chi connectivity index (χ2n) is 4.95. The van der Waals surface area contributed by atoms with Crippen molar-refractivity contribution in [1.82, 2.24) is 5.32 Å². The average Bonchev–Trinajstić information content (AvgIpc) is 2.53. The van der Waals surface area contributed by atoms with Gasteiger partial charge in [0, 0.05) is 13.1 Å². The van der Waals surface area contributed by atoms with Crippen LogP contribution in [-0.4, -0.2) is 13.7 Å². The third-order valence-electron chi connectivity index (χ3n) is 3.16. The fraction of sp³-hybridized carbons (Fsp3) is 0.333. The van der Waals surface area contributed by atoms with Gasteiger partial charge in [-0.3, -0.25) is 0 Å². The van der Waals surface area contributed by atoms with Crippen LogP contribution in [-0.2, 0) is 13.1 Å². The topological polar surface area (TPSA) is 30.5 Å². The van der Waals surface area contributed by atoms with E-state index in [1.165, 1.54) is 11.1 Å². The number of nitrogens with one attached hydrogen (secondary N) is 1. The zero-order valence-electron chi connectivity index (χ0n) is 12.8. The standard InChI is InChI=1S/C18H23NO2/c1-3-10-21-18-9-5-7-16(12-18)14-19-13-15-6-4-8-17(11-15)20-2/h4-9,11-12,19H,3,10,13-14H2,1-2H3. The van der Waals surface area contributed by atoms with Crippen LogP contribution in [0.5, 0.6) is 11.5 Å². The molecule has 3 heteroatoms. The summed E-state index contributed by atoms with van der Waals surface area (Å²) in [5.74, 6) is 1.83. The minimum Gasteiger partial charge on any atom is -0.497 e. The number of ether oxygens (including phenoxy) is 2. The van der Waals surface area contributed by atoms with Crippen LogP contribution in [0.4, 0.5) is 0 Å². The van der Waals surface area contributed by atoms with E-state index >= 15 is 0 Å². The quantitative estimate of drug-likeness (QED) is 0.801. The molecule has 0 atom stereocenters. The van der Waals surface area contributed by atoms with Crippen molar-refractivity contribution in [3.63, 3.8) is 0 Å². The maximum atomic E-state index is 5.65. The fourth-order valence-corrected chi connectivity index (χ4v) is 2.10. The van der Waals surface area contributed by atoms with Gasteiger partial charge < -0.3 is 14.8 Å². The van der Waals surface area contributed by atoms with Gasteiger partial charge in [0.1, 0.15) is 11.5 Å². The molecule has 0 aliphatic carbocycles. The molecule has 0 unspecified atom stereocenters. The Morgan fingerprint density at radius 3 is 2.14 bits per heavy atom. The van der Waals surface area contributed by atoms with E-state index in [9.17, 15) is 0 Å². The van der Waals surface area contributed by atoms with Crippen LogP contribution in [0.3, 0.4) is 0 Å². The molecule has 0 bridgehead atoms. The Morgan fingerprint density at radius 1 is 0.905 bits per heavy atom. The highest BCUT2D eigenvalue weighted by Gasteiger charge is 1.99. The zero-order chi connectivity index (χ0) is 14.9. The van der Waals surface area contributed by atoms with E-state index < -0.39 is 0 Å². The van der Waals surface area contributed by atoms with Gasteiger partial charge in [-0.25, -0.2) is 0 Å². The number of hydrogen-bond donors (Lipinski definition) is 1. The summed E-state index contributed by atoms with van der Waals surface area (Å²) < 4.78 is 10.9. The number of benzene rings is 2. The van der Waals surface area contributed by atoms with E-state index in [4.69, 9.17) is 9.47 Å². The molecule has 2 aromatic carbocycles. The molecule has 0 heterocycles. The molecule has 2 aromatic rings. The molecule has 0 spiro atoms. The molecule has 0 saturated carbocycles. The van der Waals surface area contributed by atoms with Crippen molar-refractivity contribution in [1.29, 1.82) is 0 Å². The second-order valence-corrected chi connectivity index (χ2v) is 4.95. The molecule has 2 rings (SSSR count). The van der Waals surface area contributed by atoms with Gasteiger partial charge in [0.15, 0.2) is 0 Å². The third kappa shape index (κ3) is 5.12. The van der Waals surface area contributed by atoms with Gasteiger partial charge in [-0.05, 0) is 41.8 Å². The number of hydrogen-bond acceptors (Lipinski definition) is 3. The summed E-state index contributed by atoms with van der Waals surface area (Å²) in [7, 11) is 1.69. The van der Waals surface area contributed by atoms with Crippen molar-refractivity contribution in [2.75, 3.05) is 13.7 Å². The largest absolute Gasteiger partial charge is 0.497 e. The first kappa shape index (κ1) is 15.4. The highest BCUT2D eigenvalue weighted by Crippen LogP contribution is 2.15. The van der Waals surface area contributed by atoms with E-state index in [-0.39, 0.29) is 0 Å². The van der Waals surface area contributed by atoms with Crippen LogP contribution >= 0.6 is 0 Å². The molecular formula is C18H23NO2. The Balaban J connectivity index is 1.85. The lowest BCUT2D eigenvalue weighted by Crippen LogP contribution is -2.12. The van der Waals surface area contributed by atoms with E-state index in [1.807, 2.05) is 30.3 Å². The number of rotatable bonds is 8. The summed E-state index contributed by atoms with van der Waals surface area (Å²) in [5.41, 5.74) is 2.44. The highest BCUT2D eigenvalue weighted by atomic mass is 16.5. The maximum Gasteiger partial charge on any atom is 0.119 e. The van der Waals surface area contributed by atoms with Crippen LogP contribution < -0.4 is 14.8 Å². The van der Waals surface area contributed by atoms with Crippen molar-refractivity contribution in [3.05, 3.63) is 59.7 Å². The lowest BCUT2D eigenvalue weighted by molar-refractivity contribution is 0.317. The molecule has 0 saturated heterocycles. The lowest BCUT2D eigenvalue weighted by atomic mass is 10.2. The summed E-state index contributed by atoms with van der Waals surface area (Å²) >= 11 is 0. The predicted molar refractivity (Wildman–Crippen MR) is 85.8 cm³/mol. The molecule has 1 N–H and O–H groups in total. The third-order valence-corrected chi connectivity index (χ3v) is 3.16. The van der Waals surface area contributed by atoms with Crippen molar-refractivity contribution in [2.24, 2.45) is 0 Å². The Kier molecular flexibility index (Phi) is 6.10. The zero-order valence-corrected chi connectivity index (χ0v) is 12.8. The summed E-state index contributed by atoms with van der Waals surface area (Å²) in [4.78, 5) is 0. The first-order valence-electron chi connectivity index (χ1n) is 7.37. The summed E-state index contributed by atoms with van der Waals surface area (Å²) in [6.07, 6.45) is 1.03. The predicted octanol–water partition coefficient (Wildman–Crippen LogP) is 3.77. The summed E-state index contributed by atoms with van der Waals surface area (Å²) in [5, 5.41) is 3.44. The molecule has 0 amide bonds. The maximum absolute atomic E-state index is 5.65. The highest BCUT2D eigenvalue weighted by molar-refractivity contribution is 5.30. The molecule has 0 aromatic heterocycles. The van der Waals surface area contributed by atoms with Crippen LogP contribution in [0.1, 0.15) is 24.5 Å².